The van der Waals surface area contributed by atoms with Crippen molar-refractivity contribution in [3.63, 3.8) is 0 Å². The van der Waals surface area contributed by atoms with Crippen molar-refractivity contribution in [2.45, 2.75) is 39.2 Å². The van der Waals surface area contributed by atoms with Gasteiger partial charge in [0.05, 0.1) is 6.10 Å². The molecule has 1 N–H and O–H groups in total. The molecule has 1 aromatic rings. The quantitative estimate of drug-likeness (QED) is 0.854. The zero-order valence-electron chi connectivity index (χ0n) is 10.8. The van der Waals surface area contributed by atoms with Gasteiger partial charge in [0.25, 0.3) is 0 Å². The van der Waals surface area contributed by atoms with Crippen molar-refractivity contribution in [3.05, 3.63) is 23.9 Å². The zero-order chi connectivity index (χ0) is 12.3. The summed E-state index contributed by atoms with van der Waals surface area (Å²) in [6, 6.07) is 4.00. The van der Waals surface area contributed by atoms with E-state index in [0.29, 0.717) is 0 Å². The van der Waals surface area contributed by atoms with E-state index in [1.165, 1.54) is 19.3 Å². The van der Waals surface area contributed by atoms with E-state index < -0.39 is 6.10 Å². The summed E-state index contributed by atoms with van der Waals surface area (Å²) in [6.07, 6.45) is 5.18. The summed E-state index contributed by atoms with van der Waals surface area (Å²) in [6.45, 7) is 6.30. The molecular formula is C14H22N2O. The van der Waals surface area contributed by atoms with E-state index in [1.807, 2.05) is 12.1 Å². The van der Waals surface area contributed by atoms with Crippen LogP contribution >= 0.6 is 0 Å². The van der Waals surface area contributed by atoms with Gasteiger partial charge in [0.1, 0.15) is 5.82 Å². The third-order valence-electron chi connectivity index (χ3n) is 3.59. The van der Waals surface area contributed by atoms with E-state index in [9.17, 15) is 5.11 Å². The van der Waals surface area contributed by atoms with Crippen LogP contribution in [0.2, 0.25) is 0 Å². The van der Waals surface area contributed by atoms with Gasteiger partial charge in [-0.2, -0.15) is 0 Å². The largest absolute Gasteiger partial charge is 0.389 e. The van der Waals surface area contributed by atoms with Crippen molar-refractivity contribution < 1.29 is 5.11 Å². The van der Waals surface area contributed by atoms with Crippen LogP contribution in [0.4, 0.5) is 5.82 Å². The highest BCUT2D eigenvalue weighted by Crippen LogP contribution is 2.21. The second-order valence-electron chi connectivity index (χ2n) is 5.15. The molecule has 0 spiro atoms. The van der Waals surface area contributed by atoms with Gasteiger partial charge in [-0.15, -0.1) is 0 Å². The Labute approximate surface area is 103 Å². The molecule has 0 saturated carbocycles. The number of rotatable bonds is 2. The predicted molar refractivity (Wildman–Crippen MR) is 70.1 cm³/mol. The molecule has 1 aliphatic rings. The van der Waals surface area contributed by atoms with Crippen molar-refractivity contribution in [1.29, 1.82) is 0 Å². The molecule has 0 radical (unpaired) electrons. The van der Waals surface area contributed by atoms with Crippen LogP contribution in [-0.2, 0) is 0 Å². The standard InChI is InChI=1S/C14H22N2O/c1-11-4-3-8-16(9-7-11)14-6-5-13(10-15-14)12(2)17/h5-6,10-12,17H,3-4,7-9H2,1-2H3/t11?,12-/m1/s1. The maximum atomic E-state index is 9.45. The van der Waals surface area contributed by atoms with Gasteiger partial charge in [0.15, 0.2) is 0 Å². The van der Waals surface area contributed by atoms with Gasteiger partial charge in [0, 0.05) is 19.3 Å². The lowest BCUT2D eigenvalue weighted by atomic mass is 10.0. The molecule has 1 saturated heterocycles. The maximum Gasteiger partial charge on any atom is 0.128 e. The molecule has 0 bridgehead atoms. The van der Waals surface area contributed by atoms with Crippen LogP contribution in [0.1, 0.15) is 44.8 Å². The number of nitrogens with zero attached hydrogens (tertiary/aromatic N) is 2. The van der Waals surface area contributed by atoms with Gasteiger partial charge in [-0.1, -0.05) is 13.0 Å². The first-order valence-electron chi connectivity index (χ1n) is 6.56. The summed E-state index contributed by atoms with van der Waals surface area (Å²) >= 11 is 0. The number of pyridine rings is 1. The van der Waals surface area contributed by atoms with Crippen molar-refractivity contribution in [1.82, 2.24) is 4.98 Å². The lowest BCUT2D eigenvalue weighted by Gasteiger charge is -2.21. The van der Waals surface area contributed by atoms with Gasteiger partial charge < -0.3 is 10.0 Å². The number of hydrogen-bond donors (Lipinski definition) is 1. The SMILES string of the molecule is CC1CCCN(c2ccc([C@@H](C)O)cn2)CC1. The average molecular weight is 234 g/mol. The molecule has 1 aromatic heterocycles. The van der Waals surface area contributed by atoms with Crippen LogP contribution in [0.25, 0.3) is 0 Å². The number of aromatic nitrogens is 1. The minimum atomic E-state index is -0.430. The molecule has 0 aliphatic carbocycles. The van der Waals surface area contributed by atoms with Crippen molar-refractivity contribution in [2.24, 2.45) is 5.92 Å². The Bertz CT molecular complexity index is 348. The highest BCUT2D eigenvalue weighted by atomic mass is 16.3. The normalized spacial score (nSPS) is 23.2. The second-order valence-corrected chi connectivity index (χ2v) is 5.15. The van der Waals surface area contributed by atoms with E-state index >= 15 is 0 Å². The summed E-state index contributed by atoms with van der Waals surface area (Å²) in [5.74, 6) is 1.88. The Morgan fingerprint density at radius 1 is 1.35 bits per heavy atom. The molecule has 1 aliphatic heterocycles. The monoisotopic (exact) mass is 234 g/mol. The van der Waals surface area contributed by atoms with Gasteiger partial charge in [0.2, 0.25) is 0 Å². The van der Waals surface area contributed by atoms with Gasteiger partial charge >= 0.3 is 0 Å². The third-order valence-corrected chi connectivity index (χ3v) is 3.59. The summed E-state index contributed by atoms with van der Waals surface area (Å²) in [5.41, 5.74) is 0.886. The van der Waals surface area contributed by atoms with Crippen LogP contribution in [-0.4, -0.2) is 23.2 Å². The van der Waals surface area contributed by atoms with Crippen LogP contribution < -0.4 is 4.90 Å². The molecule has 94 valence electrons. The Kier molecular flexibility index (Phi) is 4.00. The molecule has 0 aromatic carbocycles. The van der Waals surface area contributed by atoms with Crippen molar-refractivity contribution in [2.75, 3.05) is 18.0 Å². The molecule has 1 unspecified atom stereocenters. The average Bonchev–Trinajstić information content (AvgIpc) is 2.54. The van der Waals surface area contributed by atoms with Crippen LogP contribution in [0, 0.1) is 5.92 Å². The fourth-order valence-electron chi connectivity index (χ4n) is 2.32. The maximum absolute atomic E-state index is 9.45. The van der Waals surface area contributed by atoms with Crippen LogP contribution in [0.3, 0.4) is 0 Å². The topological polar surface area (TPSA) is 36.4 Å². The van der Waals surface area contributed by atoms with Crippen LogP contribution in [0.15, 0.2) is 18.3 Å². The first-order chi connectivity index (χ1) is 8.16. The Morgan fingerprint density at radius 2 is 2.18 bits per heavy atom. The van der Waals surface area contributed by atoms with E-state index in [-0.39, 0.29) is 0 Å². The number of aliphatic hydroxyl groups is 1. The molecule has 17 heavy (non-hydrogen) atoms. The third kappa shape index (κ3) is 3.19. The number of aliphatic hydroxyl groups excluding tert-OH is 1. The smallest absolute Gasteiger partial charge is 0.128 e. The minimum absolute atomic E-state index is 0.430. The number of hydrogen-bond acceptors (Lipinski definition) is 3. The lowest BCUT2D eigenvalue weighted by molar-refractivity contribution is 0.199. The summed E-state index contributed by atoms with van der Waals surface area (Å²) in [4.78, 5) is 6.81. The number of anilines is 1. The van der Waals surface area contributed by atoms with Gasteiger partial charge in [-0.25, -0.2) is 4.98 Å². The van der Waals surface area contributed by atoms with E-state index in [1.54, 1.807) is 13.1 Å². The molecule has 2 rings (SSSR count). The second kappa shape index (κ2) is 5.50. The van der Waals surface area contributed by atoms with Gasteiger partial charge in [-0.05, 0) is 43.7 Å². The van der Waals surface area contributed by atoms with E-state index in [2.05, 4.69) is 16.8 Å². The molecule has 3 heteroatoms. The van der Waals surface area contributed by atoms with E-state index in [0.717, 1.165) is 30.4 Å². The predicted octanol–water partition coefficient (Wildman–Crippen LogP) is 2.76. The fourth-order valence-corrected chi connectivity index (χ4v) is 2.32. The van der Waals surface area contributed by atoms with Crippen molar-refractivity contribution in [3.8, 4) is 0 Å². The van der Waals surface area contributed by atoms with Crippen LogP contribution in [0.5, 0.6) is 0 Å². The highest BCUT2D eigenvalue weighted by Gasteiger charge is 2.15. The molecule has 2 heterocycles. The highest BCUT2D eigenvalue weighted by molar-refractivity contribution is 5.39. The Balaban J connectivity index is 2.06. The van der Waals surface area contributed by atoms with Gasteiger partial charge in [-0.3, -0.25) is 0 Å². The Hall–Kier alpha value is -1.09. The Morgan fingerprint density at radius 3 is 2.82 bits per heavy atom. The van der Waals surface area contributed by atoms with Crippen molar-refractivity contribution >= 4 is 5.82 Å². The summed E-state index contributed by atoms with van der Waals surface area (Å²) in [7, 11) is 0. The summed E-state index contributed by atoms with van der Waals surface area (Å²) < 4.78 is 0. The summed E-state index contributed by atoms with van der Waals surface area (Å²) in [5, 5.41) is 9.45. The zero-order valence-corrected chi connectivity index (χ0v) is 10.8. The molecular weight excluding hydrogens is 212 g/mol. The van der Waals surface area contributed by atoms with E-state index in [4.69, 9.17) is 0 Å². The fraction of sp³-hybridized carbons (Fsp3) is 0.643. The molecule has 0 amide bonds. The molecule has 1 fully saturated rings. The lowest BCUT2D eigenvalue weighted by Crippen LogP contribution is -2.25. The first kappa shape index (κ1) is 12.4. The minimum Gasteiger partial charge on any atom is -0.389 e. The first-order valence-corrected chi connectivity index (χ1v) is 6.56. The molecule has 3 nitrogen and oxygen atoms in total. The molecule has 2 atom stereocenters.